The van der Waals surface area contributed by atoms with Crippen molar-refractivity contribution >= 4 is 45.8 Å². The normalized spacial score (nSPS) is 18.6. The first kappa shape index (κ1) is 28.5. The number of fused-ring (bicyclic) bond motifs is 4. The molecular weight excluding hydrogens is 614 g/mol. The fraction of sp³-hybridized carbons (Fsp3) is 0.105. The van der Waals surface area contributed by atoms with Crippen LogP contribution in [0.15, 0.2) is 144 Å². The van der Waals surface area contributed by atoms with E-state index in [1.165, 1.54) is 0 Å². The summed E-state index contributed by atoms with van der Waals surface area (Å²) in [4.78, 5) is 15.1. The molecule has 0 N–H and O–H groups in total. The minimum atomic E-state index is -1.00. The van der Waals surface area contributed by atoms with Crippen molar-refractivity contribution in [3.05, 3.63) is 155 Å². The van der Waals surface area contributed by atoms with Gasteiger partial charge in [-0.2, -0.15) is 0 Å². The molecular formula is C38H28ClN3O3S. The molecule has 5 aromatic carbocycles. The van der Waals surface area contributed by atoms with Crippen LogP contribution in [0.25, 0.3) is 10.9 Å². The van der Waals surface area contributed by atoms with Gasteiger partial charge in [0.1, 0.15) is 11.5 Å². The first-order valence-corrected chi connectivity index (χ1v) is 16.2. The number of hydrogen-bond acceptors (Lipinski definition) is 7. The molecule has 2 unspecified atom stereocenters. The van der Waals surface area contributed by atoms with Gasteiger partial charge in [0.05, 0.1) is 18.3 Å². The van der Waals surface area contributed by atoms with Crippen molar-refractivity contribution in [3.8, 4) is 17.4 Å². The summed E-state index contributed by atoms with van der Waals surface area (Å²) in [5.74, 6) is 2.77. The lowest BCUT2D eigenvalue weighted by Crippen LogP contribution is -2.47. The second-order valence-corrected chi connectivity index (χ2v) is 12.8. The van der Waals surface area contributed by atoms with Crippen molar-refractivity contribution in [2.24, 2.45) is 5.16 Å². The number of aromatic nitrogens is 1. The number of thioether (sulfide) groups is 1. The van der Waals surface area contributed by atoms with E-state index in [0.29, 0.717) is 23.2 Å². The standard InChI is InChI=1S/C38H28ClN3O3S/c1-43-29-21-15-25(16-22-29)36-41-45-38(27-17-19-28(39)20-18-27)24-35(46-34-14-8-7-13-33(34)42(36)38)31-23-26-9-5-6-12-32(26)40-37(31)44-30-10-3-2-4-11-30/h2-23,35H,24H2,1H3. The molecule has 0 spiro atoms. The Morgan fingerprint density at radius 1 is 0.826 bits per heavy atom. The molecule has 0 saturated heterocycles. The molecule has 0 amide bonds. The first-order chi connectivity index (χ1) is 22.6. The number of anilines is 1. The van der Waals surface area contributed by atoms with Gasteiger partial charge >= 0.3 is 0 Å². The Balaban J connectivity index is 1.33. The number of nitrogens with zero attached hydrogens (tertiary/aromatic N) is 3. The maximum Gasteiger partial charge on any atom is 0.242 e. The number of hydrogen-bond donors (Lipinski definition) is 0. The zero-order valence-corrected chi connectivity index (χ0v) is 26.4. The fourth-order valence-corrected chi connectivity index (χ4v) is 7.60. The third kappa shape index (κ3) is 5.02. The number of pyridine rings is 1. The average Bonchev–Trinajstić information content (AvgIpc) is 3.41. The molecule has 0 radical (unpaired) electrons. The van der Waals surface area contributed by atoms with E-state index in [1.807, 2.05) is 97.1 Å². The lowest BCUT2D eigenvalue weighted by Gasteiger charge is -2.38. The van der Waals surface area contributed by atoms with Gasteiger partial charge in [0, 0.05) is 43.7 Å². The molecule has 0 fully saturated rings. The van der Waals surface area contributed by atoms with Gasteiger partial charge < -0.3 is 14.3 Å². The van der Waals surface area contributed by atoms with E-state index < -0.39 is 5.72 Å². The largest absolute Gasteiger partial charge is 0.497 e. The Morgan fingerprint density at radius 3 is 2.37 bits per heavy atom. The van der Waals surface area contributed by atoms with Crippen LogP contribution in [0.1, 0.15) is 28.4 Å². The number of halogens is 1. The highest BCUT2D eigenvalue weighted by atomic mass is 35.5. The summed E-state index contributed by atoms with van der Waals surface area (Å²) in [5, 5.41) is 6.35. The highest BCUT2D eigenvalue weighted by Gasteiger charge is 2.53. The van der Waals surface area contributed by atoms with Gasteiger partial charge in [0.15, 0.2) is 5.84 Å². The Hall–Kier alpha value is -4.98. The maximum absolute atomic E-state index is 6.69. The molecule has 2 atom stereocenters. The topological polar surface area (TPSA) is 56.2 Å². The third-order valence-corrected chi connectivity index (χ3v) is 9.91. The van der Waals surface area contributed by atoms with Crippen LogP contribution < -0.4 is 14.4 Å². The maximum atomic E-state index is 6.69. The molecule has 2 aliphatic rings. The molecule has 1 aromatic heterocycles. The van der Waals surface area contributed by atoms with Crippen molar-refractivity contribution < 1.29 is 14.3 Å². The molecule has 0 saturated carbocycles. The third-order valence-electron chi connectivity index (χ3n) is 8.36. The molecule has 0 bridgehead atoms. The molecule has 6 nitrogen and oxygen atoms in total. The summed E-state index contributed by atoms with van der Waals surface area (Å²) in [7, 11) is 1.66. The van der Waals surface area contributed by atoms with E-state index in [1.54, 1.807) is 18.9 Å². The number of oxime groups is 1. The van der Waals surface area contributed by atoms with Gasteiger partial charge in [0.2, 0.25) is 11.6 Å². The monoisotopic (exact) mass is 641 g/mol. The molecule has 8 heteroatoms. The van der Waals surface area contributed by atoms with E-state index in [4.69, 9.17) is 36.1 Å². The van der Waals surface area contributed by atoms with Crippen LogP contribution in [-0.4, -0.2) is 17.9 Å². The zero-order chi connectivity index (χ0) is 31.1. The number of amidine groups is 1. The Bertz CT molecular complexity index is 2070. The van der Waals surface area contributed by atoms with Crippen molar-refractivity contribution in [1.29, 1.82) is 0 Å². The van der Waals surface area contributed by atoms with Gasteiger partial charge in [-0.1, -0.05) is 77.4 Å². The fourth-order valence-electron chi connectivity index (χ4n) is 6.13. The Kier molecular flexibility index (Phi) is 7.28. The van der Waals surface area contributed by atoms with Crippen molar-refractivity contribution in [3.63, 3.8) is 0 Å². The van der Waals surface area contributed by atoms with Crippen LogP contribution in [0.3, 0.4) is 0 Å². The van der Waals surface area contributed by atoms with E-state index in [-0.39, 0.29) is 5.25 Å². The van der Waals surface area contributed by atoms with E-state index in [0.717, 1.165) is 49.7 Å². The summed E-state index contributed by atoms with van der Waals surface area (Å²) in [6.07, 6.45) is 0.530. The highest BCUT2D eigenvalue weighted by molar-refractivity contribution is 7.99. The summed E-state index contributed by atoms with van der Waals surface area (Å²) in [6.45, 7) is 0. The van der Waals surface area contributed by atoms with Crippen LogP contribution in [-0.2, 0) is 10.6 Å². The van der Waals surface area contributed by atoms with E-state index >= 15 is 0 Å². The summed E-state index contributed by atoms with van der Waals surface area (Å²) < 4.78 is 12.0. The summed E-state index contributed by atoms with van der Waals surface area (Å²) in [6, 6.07) is 44.3. The van der Waals surface area contributed by atoms with Gasteiger partial charge in [-0.25, -0.2) is 4.98 Å². The van der Waals surface area contributed by atoms with Crippen molar-refractivity contribution in [2.75, 3.05) is 12.0 Å². The van der Waals surface area contributed by atoms with Gasteiger partial charge in [-0.3, -0.25) is 4.90 Å². The van der Waals surface area contributed by atoms with Crippen LogP contribution in [0, 0.1) is 0 Å². The Labute approximate surface area is 276 Å². The van der Waals surface area contributed by atoms with Crippen LogP contribution in [0.4, 0.5) is 5.69 Å². The summed E-state index contributed by atoms with van der Waals surface area (Å²) in [5.41, 5.74) is 3.68. The predicted octanol–water partition coefficient (Wildman–Crippen LogP) is 9.98. The predicted molar refractivity (Wildman–Crippen MR) is 184 cm³/mol. The molecule has 6 aromatic rings. The summed E-state index contributed by atoms with van der Waals surface area (Å²) >= 11 is 8.19. The van der Waals surface area contributed by atoms with Gasteiger partial charge in [-0.15, -0.1) is 11.8 Å². The number of ether oxygens (including phenoxy) is 2. The second-order valence-electron chi connectivity index (χ2n) is 11.1. The molecule has 226 valence electrons. The molecule has 8 rings (SSSR count). The zero-order valence-electron chi connectivity index (χ0n) is 24.8. The minimum Gasteiger partial charge on any atom is -0.497 e. The first-order valence-electron chi connectivity index (χ1n) is 15.0. The van der Waals surface area contributed by atoms with Crippen LogP contribution in [0.5, 0.6) is 17.4 Å². The van der Waals surface area contributed by atoms with Crippen LogP contribution in [0.2, 0.25) is 5.02 Å². The minimum absolute atomic E-state index is 0.136. The van der Waals surface area contributed by atoms with Gasteiger partial charge in [-0.05, 0) is 72.8 Å². The second kappa shape index (κ2) is 11.7. The highest BCUT2D eigenvalue weighted by Crippen LogP contribution is 2.57. The SMILES string of the molecule is COc1ccc(C2=NOC3(c4ccc(Cl)cc4)CC(c4cc5ccccc5nc4Oc4ccccc4)Sc4ccccc4N23)cc1. The molecule has 46 heavy (non-hydrogen) atoms. The number of methoxy groups -OCH3 is 1. The molecule has 2 aliphatic heterocycles. The number of para-hydroxylation sites is 3. The molecule has 3 heterocycles. The van der Waals surface area contributed by atoms with Crippen LogP contribution >= 0.6 is 23.4 Å². The lowest BCUT2D eigenvalue weighted by molar-refractivity contribution is -0.0284. The van der Waals surface area contributed by atoms with Crippen molar-refractivity contribution in [2.45, 2.75) is 22.3 Å². The number of rotatable bonds is 6. The average molecular weight is 642 g/mol. The lowest BCUT2D eigenvalue weighted by atomic mass is 9.91. The quantitative estimate of drug-likeness (QED) is 0.180. The van der Waals surface area contributed by atoms with E-state index in [2.05, 4.69) is 41.3 Å². The molecule has 0 aliphatic carbocycles. The Morgan fingerprint density at radius 2 is 1.57 bits per heavy atom. The smallest absolute Gasteiger partial charge is 0.242 e. The van der Waals surface area contributed by atoms with Crippen molar-refractivity contribution in [1.82, 2.24) is 4.98 Å². The number of benzene rings is 5. The van der Waals surface area contributed by atoms with Gasteiger partial charge in [0.25, 0.3) is 0 Å². The van der Waals surface area contributed by atoms with E-state index in [9.17, 15) is 0 Å².